The highest BCUT2D eigenvalue weighted by molar-refractivity contribution is 5.93. The van der Waals surface area contributed by atoms with Crippen LogP contribution in [0.15, 0.2) is 52.9 Å². The second-order valence-corrected chi connectivity index (χ2v) is 6.12. The van der Waals surface area contributed by atoms with E-state index in [-0.39, 0.29) is 11.8 Å². The zero-order valence-corrected chi connectivity index (χ0v) is 15.2. The summed E-state index contributed by atoms with van der Waals surface area (Å²) in [5.41, 5.74) is 2.75. The number of rotatable bonds is 5. The topological polar surface area (TPSA) is 94.3 Å². The monoisotopic (exact) mass is 365 g/mol. The predicted molar refractivity (Wildman–Crippen MR) is 99.0 cm³/mol. The molecular formula is C20H19N3O4. The number of amides is 1. The van der Waals surface area contributed by atoms with Crippen LogP contribution in [0.3, 0.4) is 0 Å². The minimum absolute atomic E-state index is 0.206. The lowest BCUT2D eigenvalue weighted by Crippen LogP contribution is -2.11. The number of carbonyl (C=O) groups excluding carboxylic acids is 2. The van der Waals surface area contributed by atoms with Crippen LogP contribution in [0.5, 0.6) is 0 Å². The number of nitrogens with zero attached hydrogens (tertiary/aromatic N) is 2. The molecule has 1 amide bonds. The molecule has 3 rings (SSSR count). The Morgan fingerprint density at radius 3 is 2.56 bits per heavy atom. The molecule has 7 nitrogen and oxygen atoms in total. The highest BCUT2D eigenvalue weighted by atomic mass is 16.6. The Balaban J connectivity index is 1.70. The van der Waals surface area contributed by atoms with Crippen molar-refractivity contribution in [2.24, 2.45) is 0 Å². The number of hydrogen-bond donors (Lipinski definition) is 1. The summed E-state index contributed by atoms with van der Waals surface area (Å²) < 4.78 is 11.0. The SMILES string of the molecule is CC(=O)Nc1cccc(C(=O)O[C@H](C)c2nnc(-c3ccc(C)cc3)o2)c1. The molecule has 1 atom stereocenters. The second-order valence-electron chi connectivity index (χ2n) is 6.12. The highest BCUT2D eigenvalue weighted by Gasteiger charge is 2.20. The molecule has 0 saturated heterocycles. The van der Waals surface area contributed by atoms with Gasteiger partial charge in [-0.2, -0.15) is 0 Å². The van der Waals surface area contributed by atoms with Gasteiger partial charge in [-0.25, -0.2) is 4.79 Å². The van der Waals surface area contributed by atoms with Gasteiger partial charge in [0.1, 0.15) is 0 Å². The standard InChI is InChI=1S/C20H19N3O4/c1-12-7-9-15(10-8-12)19-23-22-18(27-19)13(2)26-20(25)16-5-4-6-17(11-16)21-14(3)24/h4-11,13H,1-3H3,(H,21,24)/t13-/m1/s1. The first-order valence-electron chi connectivity index (χ1n) is 8.41. The van der Waals surface area contributed by atoms with E-state index in [1.54, 1.807) is 31.2 Å². The van der Waals surface area contributed by atoms with Crippen molar-refractivity contribution in [2.45, 2.75) is 26.9 Å². The second kappa shape index (κ2) is 7.82. The van der Waals surface area contributed by atoms with Crippen molar-refractivity contribution in [1.82, 2.24) is 10.2 Å². The third-order valence-corrected chi connectivity index (χ3v) is 3.79. The lowest BCUT2D eigenvalue weighted by atomic mass is 10.1. The Hall–Kier alpha value is -3.48. The molecule has 7 heteroatoms. The van der Waals surface area contributed by atoms with E-state index in [0.29, 0.717) is 17.1 Å². The lowest BCUT2D eigenvalue weighted by Gasteiger charge is -2.10. The van der Waals surface area contributed by atoms with E-state index in [1.165, 1.54) is 6.92 Å². The quantitative estimate of drug-likeness (QED) is 0.689. The van der Waals surface area contributed by atoms with Crippen molar-refractivity contribution in [1.29, 1.82) is 0 Å². The lowest BCUT2D eigenvalue weighted by molar-refractivity contribution is -0.114. The molecule has 0 saturated carbocycles. The fraction of sp³-hybridized carbons (Fsp3) is 0.200. The van der Waals surface area contributed by atoms with Crippen LogP contribution in [-0.4, -0.2) is 22.1 Å². The molecule has 1 aromatic heterocycles. The maximum atomic E-state index is 12.4. The van der Waals surface area contributed by atoms with Crippen molar-refractivity contribution in [2.75, 3.05) is 5.32 Å². The van der Waals surface area contributed by atoms with E-state index in [4.69, 9.17) is 9.15 Å². The Kier molecular flexibility index (Phi) is 5.30. The van der Waals surface area contributed by atoms with E-state index >= 15 is 0 Å². The summed E-state index contributed by atoms with van der Waals surface area (Å²) >= 11 is 0. The van der Waals surface area contributed by atoms with Crippen molar-refractivity contribution in [3.05, 3.63) is 65.5 Å². The van der Waals surface area contributed by atoms with Gasteiger partial charge < -0.3 is 14.5 Å². The van der Waals surface area contributed by atoms with Crippen molar-refractivity contribution < 1.29 is 18.7 Å². The summed E-state index contributed by atoms with van der Waals surface area (Å²) in [7, 11) is 0. The summed E-state index contributed by atoms with van der Waals surface area (Å²) in [6.07, 6.45) is -0.714. The molecule has 0 aliphatic carbocycles. The molecule has 0 spiro atoms. The van der Waals surface area contributed by atoms with E-state index in [2.05, 4.69) is 15.5 Å². The number of carbonyl (C=O) groups is 2. The number of aromatic nitrogens is 2. The maximum Gasteiger partial charge on any atom is 0.338 e. The zero-order chi connectivity index (χ0) is 19.4. The van der Waals surface area contributed by atoms with Crippen LogP contribution in [0.4, 0.5) is 5.69 Å². The molecule has 138 valence electrons. The van der Waals surface area contributed by atoms with Crippen LogP contribution >= 0.6 is 0 Å². The molecule has 0 aliphatic rings. The minimum atomic E-state index is -0.714. The third-order valence-electron chi connectivity index (χ3n) is 3.79. The molecular weight excluding hydrogens is 346 g/mol. The Bertz CT molecular complexity index is 963. The number of benzene rings is 2. The van der Waals surface area contributed by atoms with E-state index in [9.17, 15) is 9.59 Å². The fourth-order valence-corrected chi connectivity index (χ4v) is 2.42. The van der Waals surface area contributed by atoms with Gasteiger partial charge in [-0.3, -0.25) is 4.79 Å². The molecule has 1 heterocycles. The average Bonchev–Trinajstić information content (AvgIpc) is 3.12. The number of nitrogens with one attached hydrogen (secondary N) is 1. The van der Waals surface area contributed by atoms with E-state index < -0.39 is 12.1 Å². The normalized spacial score (nSPS) is 11.7. The molecule has 0 aliphatic heterocycles. The van der Waals surface area contributed by atoms with E-state index in [0.717, 1.165) is 11.1 Å². The Morgan fingerprint density at radius 2 is 1.85 bits per heavy atom. The van der Waals surface area contributed by atoms with E-state index in [1.807, 2.05) is 31.2 Å². The minimum Gasteiger partial charge on any atom is -0.449 e. The molecule has 0 unspecified atom stereocenters. The zero-order valence-electron chi connectivity index (χ0n) is 15.2. The van der Waals surface area contributed by atoms with Crippen LogP contribution in [0.2, 0.25) is 0 Å². The molecule has 27 heavy (non-hydrogen) atoms. The van der Waals surface area contributed by atoms with Gasteiger partial charge in [0.2, 0.25) is 11.8 Å². The smallest absolute Gasteiger partial charge is 0.338 e. The first-order chi connectivity index (χ1) is 12.9. The summed E-state index contributed by atoms with van der Waals surface area (Å²) in [4.78, 5) is 23.5. The number of aryl methyl sites for hydroxylation is 1. The first kappa shape index (κ1) is 18.3. The summed E-state index contributed by atoms with van der Waals surface area (Å²) in [5.74, 6) is -0.203. The predicted octanol–water partition coefficient (Wildman–Crippen LogP) is 3.92. The van der Waals surface area contributed by atoms with Gasteiger partial charge in [-0.15, -0.1) is 10.2 Å². The van der Waals surface area contributed by atoms with Crippen molar-refractivity contribution >= 4 is 17.6 Å². The van der Waals surface area contributed by atoms with Crippen molar-refractivity contribution in [3.8, 4) is 11.5 Å². The van der Waals surface area contributed by atoms with Gasteiger partial charge in [-0.05, 0) is 44.2 Å². The number of esters is 1. The molecule has 0 bridgehead atoms. The molecule has 3 aromatic rings. The van der Waals surface area contributed by atoms with Gasteiger partial charge in [0.15, 0.2) is 6.10 Å². The third kappa shape index (κ3) is 4.58. The maximum absolute atomic E-state index is 12.4. The van der Waals surface area contributed by atoms with Gasteiger partial charge in [0.25, 0.3) is 5.89 Å². The van der Waals surface area contributed by atoms with Crippen LogP contribution in [0.25, 0.3) is 11.5 Å². The number of anilines is 1. The first-order valence-corrected chi connectivity index (χ1v) is 8.41. The van der Waals surface area contributed by atoms with Crippen LogP contribution < -0.4 is 5.32 Å². The number of ether oxygens (including phenoxy) is 1. The molecule has 1 N–H and O–H groups in total. The number of hydrogen-bond acceptors (Lipinski definition) is 6. The van der Waals surface area contributed by atoms with Gasteiger partial charge in [0, 0.05) is 18.2 Å². The summed E-state index contributed by atoms with van der Waals surface area (Å²) in [6.45, 7) is 5.04. The largest absolute Gasteiger partial charge is 0.449 e. The van der Waals surface area contributed by atoms with Gasteiger partial charge >= 0.3 is 5.97 Å². The van der Waals surface area contributed by atoms with Crippen LogP contribution in [0, 0.1) is 6.92 Å². The van der Waals surface area contributed by atoms with Crippen LogP contribution in [0.1, 0.15) is 41.8 Å². The highest BCUT2D eigenvalue weighted by Crippen LogP contribution is 2.23. The summed E-state index contributed by atoms with van der Waals surface area (Å²) in [6, 6.07) is 14.2. The molecule has 2 aromatic carbocycles. The summed E-state index contributed by atoms with van der Waals surface area (Å²) in [5, 5.41) is 10.6. The average molecular weight is 365 g/mol. The van der Waals surface area contributed by atoms with Crippen molar-refractivity contribution in [3.63, 3.8) is 0 Å². The molecule has 0 fully saturated rings. The van der Waals surface area contributed by atoms with Gasteiger partial charge in [-0.1, -0.05) is 23.8 Å². The fourth-order valence-electron chi connectivity index (χ4n) is 2.42. The van der Waals surface area contributed by atoms with Gasteiger partial charge in [0.05, 0.1) is 5.56 Å². The molecule has 0 radical (unpaired) electrons. The Morgan fingerprint density at radius 1 is 1.11 bits per heavy atom. The Labute approximate surface area is 156 Å². The van der Waals surface area contributed by atoms with Crippen LogP contribution in [-0.2, 0) is 9.53 Å².